The van der Waals surface area contributed by atoms with Crippen molar-refractivity contribution in [3.05, 3.63) is 139 Å². The van der Waals surface area contributed by atoms with Crippen molar-refractivity contribution in [1.29, 1.82) is 0 Å². The maximum atomic E-state index is 4.74. The van der Waals surface area contributed by atoms with Gasteiger partial charge in [-0.1, -0.05) is 84.9 Å². The molecule has 186 valence electrons. The molecule has 0 radical (unpaired) electrons. The van der Waals surface area contributed by atoms with E-state index in [-0.39, 0.29) is 0 Å². The highest BCUT2D eigenvalue weighted by molar-refractivity contribution is 6.08. The van der Waals surface area contributed by atoms with Crippen LogP contribution >= 0.6 is 0 Å². The summed E-state index contributed by atoms with van der Waals surface area (Å²) in [4.78, 5) is 18.9. The number of para-hydroxylation sites is 2. The van der Waals surface area contributed by atoms with Crippen LogP contribution in [0.3, 0.4) is 0 Å². The van der Waals surface area contributed by atoms with E-state index in [1.807, 2.05) is 36.9 Å². The van der Waals surface area contributed by atoms with E-state index in [1.165, 1.54) is 33.0 Å². The largest absolute Gasteiger partial charge is 0.278 e. The number of hydrogen-bond acceptors (Lipinski definition) is 4. The van der Waals surface area contributed by atoms with Crippen molar-refractivity contribution >= 4 is 21.8 Å². The van der Waals surface area contributed by atoms with Crippen LogP contribution in [0.5, 0.6) is 0 Å². The lowest BCUT2D eigenvalue weighted by molar-refractivity contribution is 0.965. The van der Waals surface area contributed by atoms with Gasteiger partial charge < -0.3 is 0 Å². The maximum absolute atomic E-state index is 4.74. The summed E-state index contributed by atoms with van der Waals surface area (Å²) in [6.45, 7) is 2.14. The molecule has 0 saturated carbocycles. The SMILES string of the molecule is Cc1ccccc1-c1ccccc1Cc1ncc(-c2cnc(-n3c4ccccc4c4ccccc43)nc2)cn1. The molecule has 0 aliphatic rings. The van der Waals surface area contributed by atoms with Crippen molar-refractivity contribution < 1.29 is 0 Å². The third kappa shape index (κ3) is 4.14. The number of nitrogens with zero attached hydrogens (tertiary/aromatic N) is 5. The highest BCUT2D eigenvalue weighted by Gasteiger charge is 2.14. The highest BCUT2D eigenvalue weighted by Crippen LogP contribution is 2.31. The lowest BCUT2D eigenvalue weighted by atomic mass is 9.94. The van der Waals surface area contributed by atoms with Crippen LogP contribution in [-0.4, -0.2) is 24.5 Å². The molecule has 0 fully saturated rings. The first-order chi connectivity index (χ1) is 19.3. The molecule has 0 bridgehead atoms. The molecule has 39 heavy (non-hydrogen) atoms. The Labute approximate surface area is 226 Å². The molecular formula is C34H25N5. The first kappa shape index (κ1) is 23.0. The molecule has 7 rings (SSSR count). The van der Waals surface area contributed by atoms with E-state index in [0.29, 0.717) is 12.4 Å². The topological polar surface area (TPSA) is 56.5 Å². The fourth-order valence-electron chi connectivity index (χ4n) is 5.30. The van der Waals surface area contributed by atoms with Crippen LogP contribution in [0.15, 0.2) is 122 Å². The van der Waals surface area contributed by atoms with Crippen LogP contribution in [0.4, 0.5) is 0 Å². The van der Waals surface area contributed by atoms with Crippen molar-refractivity contribution in [2.45, 2.75) is 13.3 Å². The average molecular weight is 504 g/mol. The smallest absolute Gasteiger partial charge is 0.234 e. The fraction of sp³-hybridized carbons (Fsp3) is 0.0588. The molecule has 3 heterocycles. The van der Waals surface area contributed by atoms with Gasteiger partial charge in [0.05, 0.1) is 11.0 Å². The Kier molecular flexibility index (Phi) is 5.67. The molecule has 0 N–H and O–H groups in total. The number of hydrogen-bond donors (Lipinski definition) is 0. The summed E-state index contributed by atoms with van der Waals surface area (Å²) >= 11 is 0. The average Bonchev–Trinajstić information content (AvgIpc) is 3.33. The molecule has 0 aliphatic carbocycles. The van der Waals surface area contributed by atoms with Gasteiger partial charge in [-0.2, -0.15) is 0 Å². The zero-order chi connectivity index (χ0) is 26.2. The Bertz CT molecular complexity index is 1880. The minimum Gasteiger partial charge on any atom is -0.278 e. The highest BCUT2D eigenvalue weighted by atomic mass is 15.1. The van der Waals surface area contributed by atoms with E-state index < -0.39 is 0 Å². The van der Waals surface area contributed by atoms with Crippen LogP contribution in [-0.2, 0) is 6.42 Å². The van der Waals surface area contributed by atoms with Crippen LogP contribution in [0, 0.1) is 6.92 Å². The third-order valence-corrected chi connectivity index (χ3v) is 7.26. The van der Waals surface area contributed by atoms with E-state index in [1.54, 1.807) is 0 Å². The summed E-state index contributed by atoms with van der Waals surface area (Å²) in [7, 11) is 0. The van der Waals surface area contributed by atoms with Crippen molar-refractivity contribution in [3.63, 3.8) is 0 Å². The molecule has 0 atom stereocenters. The minimum atomic E-state index is 0.640. The molecule has 0 spiro atoms. The van der Waals surface area contributed by atoms with Crippen LogP contribution in [0.1, 0.15) is 17.0 Å². The standard InChI is InChI=1S/C34H25N5/c1-23-10-2-4-12-27(23)28-13-5-3-11-24(28)18-33-35-19-25(20-36-33)26-21-37-34(38-22-26)39-31-16-8-6-14-29(31)30-15-7-9-17-32(30)39/h2-17,19-22H,18H2,1H3. The summed E-state index contributed by atoms with van der Waals surface area (Å²) in [6.07, 6.45) is 8.07. The molecule has 0 amide bonds. The number of aromatic nitrogens is 5. The molecule has 0 unspecified atom stereocenters. The predicted molar refractivity (Wildman–Crippen MR) is 157 cm³/mol. The predicted octanol–water partition coefficient (Wildman–Crippen LogP) is 7.60. The van der Waals surface area contributed by atoms with Crippen molar-refractivity contribution in [2.75, 3.05) is 0 Å². The van der Waals surface area contributed by atoms with E-state index in [0.717, 1.165) is 28.0 Å². The molecule has 5 heteroatoms. The normalized spacial score (nSPS) is 11.3. The van der Waals surface area contributed by atoms with Gasteiger partial charge in [0.2, 0.25) is 5.95 Å². The van der Waals surface area contributed by atoms with Crippen LogP contribution in [0.2, 0.25) is 0 Å². The molecule has 5 nitrogen and oxygen atoms in total. The van der Waals surface area contributed by atoms with Gasteiger partial charge in [-0.15, -0.1) is 0 Å². The fourth-order valence-corrected chi connectivity index (χ4v) is 5.30. The van der Waals surface area contributed by atoms with E-state index in [2.05, 4.69) is 106 Å². The molecule has 3 aromatic heterocycles. The van der Waals surface area contributed by atoms with Gasteiger partial charge in [0.15, 0.2) is 0 Å². The first-order valence-corrected chi connectivity index (χ1v) is 13.0. The second kappa shape index (κ2) is 9.62. The molecule has 0 aliphatic heterocycles. The van der Waals surface area contributed by atoms with Gasteiger partial charge in [-0.3, -0.25) is 4.57 Å². The number of fused-ring (bicyclic) bond motifs is 3. The second-order valence-electron chi connectivity index (χ2n) is 9.68. The Morgan fingerprint density at radius 1 is 0.538 bits per heavy atom. The first-order valence-electron chi connectivity index (χ1n) is 13.0. The Balaban J connectivity index is 1.17. The molecule has 0 saturated heterocycles. The van der Waals surface area contributed by atoms with E-state index in [9.17, 15) is 0 Å². The van der Waals surface area contributed by atoms with Crippen molar-refractivity contribution in [2.24, 2.45) is 0 Å². The monoisotopic (exact) mass is 503 g/mol. The summed E-state index contributed by atoms with van der Waals surface area (Å²) in [5.74, 6) is 1.42. The molecule has 7 aromatic rings. The number of benzene rings is 4. The van der Waals surface area contributed by atoms with E-state index >= 15 is 0 Å². The Morgan fingerprint density at radius 2 is 1.05 bits per heavy atom. The molecule has 4 aromatic carbocycles. The van der Waals surface area contributed by atoms with Crippen molar-refractivity contribution in [3.8, 4) is 28.2 Å². The minimum absolute atomic E-state index is 0.640. The second-order valence-corrected chi connectivity index (χ2v) is 9.68. The van der Waals surface area contributed by atoms with Gasteiger partial charge in [0.25, 0.3) is 0 Å². The van der Waals surface area contributed by atoms with Gasteiger partial charge >= 0.3 is 0 Å². The Morgan fingerprint density at radius 3 is 1.69 bits per heavy atom. The zero-order valence-electron chi connectivity index (χ0n) is 21.5. The third-order valence-electron chi connectivity index (χ3n) is 7.26. The summed E-state index contributed by atoms with van der Waals surface area (Å²) in [5, 5.41) is 2.38. The summed E-state index contributed by atoms with van der Waals surface area (Å²) in [6, 6.07) is 33.7. The van der Waals surface area contributed by atoms with Crippen molar-refractivity contribution in [1.82, 2.24) is 24.5 Å². The summed E-state index contributed by atoms with van der Waals surface area (Å²) < 4.78 is 2.11. The Hall–Kier alpha value is -5.16. The van der Waals surface area contributed by atoms with Gasteiger partial charge in [-0.25, -0.2) is 19.9 Å². The van der Waals surface area contributed by atoms with E-state index in [4.69, 9.17) is 9.97 Å². The van der Waals surface area contributed by atoms with Crippen LogP contribution < -0.4 is 0 Å². The number of aryl methyl sites for hydroxylation is 1. The van der Waals surface area contributed by atoms with Gasteiger partial charge in [0, 0.05) is 53.1 Å². The van der Waals surface area contributed by atoms with Gasteiger partial charge in [0.1, 0.15) is 5.82 Å². The maximum Gasteiger partial charge on any atom is 0.234 e. The molecular weight excluding hydrogens is 478 g/mol. The quantitative estimate of drug-likeness (QED) is 0.243. The van der Waals surface area contributed by atoms with Crippen LogP contribution in [0.25, 0.3) is 50.0 Å². The number of rotatable bonds is 5. The lowest BCUT2D eigenvalue weighted by Gasteiger charge is -2.12. The van der Waals surface area contributed by atoms with Gasteiger partial charge in [-0.05, 0) is 41.3 Å². The lowest BCUT2D eigenvalue weighted by Crippen LogP contribution is -2.01. The summed E-state index contributed by atoms with van der Waals surface area (Å²) in [5.41, 5.74) is 8.87. The zero-order valence-corrected chi connectivity index (χ0v) is 21.5.